The van der Waals surface area contributed by atoms with E-state index in [2.05, 4.69) is 44.0 Å². The molecule has 3 nitrogen and oxygen atoms in total. The number of hydrogen-bond donors (Lipinski definition) is 1. The van der Waals surface area contributed by atoms with Gasteiger partial charge in [0.25, 0.3) is 0 Å². The van der Waals surface area contributed by atoms with E-state index in [1.54, 1.807) is 0 Å². The molecule has 1 aliphatic rings. The molecule has 1 aliphatic carbocycles. The van der Waals surface area contributed by atoms with E-state index in [1.807, 2.05) is 0 Å². The summed E-state index contributed by atoms with van der Waals surface area (Å²) in [4.78, 5) is 2.54. The molecule has 98 valence electrons. The standard InChI is InChI=1S/C14H27N3/c1-5-16-14(11-15)8-7-13(9-14)17(6-2)10-12(3)4/h12-13,16H,5-10H2,1-4H3. The Bertz CT molecular complexity index is 269. The van der Waals surface area contributed by atoms with Crippen LogP contribution in [-0.2, 0) is 0 Å². The SMILES string of the molecule is CCNC1(C#N)CCC(N(CC)CC(C)C)C1. The first-order valence-electron chi connectivity index (χ1n) is 6.97. The monoisotopic (exact) mass is 237 g/mol. The minimum atomic E-state index is -0.260. The van der Waals surface area contributed by atoms with E-state index < -0.39 is 0 Å². The zero-order chi connectivity index (χ0) is 12.9. The largest absolute Gasteiger partial charge is 0.300 e. The minimum Gasteiger partial charge on any atom is -0.300 e. The van der Waals surface area contributed by atoms with Crippen LogP contribution in [0.3, 0.4) is 0 Å². The molecule has 0 aromatic rings. The predicted molar refractivity (Wildman–Crippen MR) is 71.7 cm³/mol. The van der Waals surface area contributed by atoms with Gasteiger partial charge >= 0.3 is 0 Å². The lowest BCUT2D eigenvalue weighted by molar-refractivity contribution is 0.181. The molecule has 0 bridgehead atoms. The fourth-order valence-corrected chi connectivity index (χ4v) is 2.98. The van der Waals surface area contributed by atoms with Gasteiger partial charge in [-0.2, -0.15) is 5.26 Å². The van der Waals surface area contributed by atoms with Gasteiger partial charge < -0.3 is 4.90 Å². The second-order valence-electron chi connectivity index (χ2n) is 5.60. The molecular weight excluding hydrogens is 210 g/mol. The highest BCUT2D eigenvalue weighted by Crippen LogP contribution is 2.32. The molecule has 0 heterocycles. The molecule has 0 saturated heterocycles. The number of rotatable bonds is 6. The van der Waals surface area contributed by atoms with Crippen LogP contribution >= 0.6 is 0 Å². The average Bonchev–Trinajstić information content (AvgIpc) is 2.71. The first-order valence-corrected chi connectivity index (χ1v) is 6.97. The maximum Gasteiger partial charge on any atom is 0.108 e. The van der Waals surface area contributed by atoms with E-state index in [1.165, 1.54) is 0 Å². The van der Waals surface area contributed by atoms with Gasteiger partial charge in [0.15, 0.2) is 0 Å². The van der Waals surface area contributed by atoms with E-state index in [0.717, 1.165) is 38.9 Å². The van der Waals surface area contributed by atoms with Crippen LogP contribution in [0.1, 0.15) is 47.0 Å². The number of nitriles is 1. The Balaban J connectivity index is 2.61. The predicted octanol–water partition coefficient (Wildman–Crippen LogP) is 2.39. The van der Waals surface area contributed by atoms with Crippen molar-refractivity contribution in [1.29, 1.82) is 5.26 Å². The Hall–Kier alpha value is -0.590. The Labute approximate surface area is 106 Å². The third-order valence-electron chi connectivity index (χ3n) is 3.74. The van der Waals surface area contributed by atoms with Gasteiger partial charge in [-0.1, -0.05) is 27.7 Å². The molecule has 1 fully saturated rings. The van der Waals surface area contributed by atoms with Crippen molar-refractivity contribution in [2.24, 2.45) is 5.92 Å². The molecule has 2 atom stereocenters. The Morgan fingerprint density at radius 2 is 2.18 bits per heavy atom. The lowest BCUT2D eigenvalue weighted by Crippen LogP contribution is -2.44. The molecule has 0 aliphatic heterocycles. The van der Waals surface area contributed by atoms with Gasteiger partial charge in [0, 0.05) is 12.6 Å². The number of hydrogen-bond acceptors (Lipinski definition) is 3. The van der Waals surface area contributed by atoms with Gasteiger partial charge in [0.2, 0.25) is 0 Å². The molecule has 3 heteroatoms. The molecule has 1 rings (SSSR count). The summed E-state index contributed by atoms with van der Waals surface area (Å²) in [6.45, 7) is 12.0. The highest BCUT2D eigenvalue weighted by atomic mass is 15.2. The molecule has 17 heavy (non-hydrogen) atoms. The summed E-state index contributed by atoms with van der Waals surface area (Å²) in [5.74, 6) is 0.700. The number of nitrogens with zero attached hydrogens (tertiary/aromatic N) is 2. The van der Waals surface area contributed by atoms with Crippen LogP contribution in [0.4, 0.5) is 0 Å². The summed E-state index contributed by atoms with van der Waals surface area (Å²) in [5.41, 5.74) is -0.260. The van der Waals surface area contributed by atoms with E-state index in [0.29, 0.717) is 12.0 Å². The summed E-state index contributed by atoms with van der Waals surface area (Å²) in [6, 6.07) is 3.09. The van der Waals surface area contributed by atoms with Crippen LogP contribution in [0.15, 0.2) is 0 Å². The van der Waals surface area contributed by atoms with Crippen LogP contribution in [0.25, 0.3) is 0 Å². The van der Waals surface area contributed by atoms with Crippen LogP contribution in [0, 0.1) is 17.2 Å². The van der Waals surface area contributed by atoms with Crippen molar-refractivity contribution in [3.05, 3.63) is 0 Å². The lowest BCUT2D eigenvalue weighted by Gasteiger charge is -2.30. The van der Waals surface area contributed by atoms with Gasteiger partial charge in [-0.3, -0.25) is 5.32 Å². The van der Waals surface area contributed by atoms with Gasteiger partial charge in [0.1, 0.15) is 5.54 Å². The number of nitrogens with one attached hydrogen (secondary N) is 1. The van der Waals surface area contributed by atoms with Crippen molar-refractivity contribution in [1.82, 2.24) is 10.2 Å². The Morgan fingerprint density at radius 3 is 2.65 bits per heavy atom. The maximum absolute atomic E-state index is 9.37. The fourth-order valence-electron chi connectivity index (χ4n) is 2.98. The third-order valence-corrected chi connectivity index (χ3v) is 3.74. The molecule has 0 amide bonds. The smallest absolute Gasteiger partial charge is 0.108 e. The Morgan fingerprint density at radius 1 is 1.47 bits per heavy atom. The lowest BCUT2D eigenvalue weighted by atomic mass is 9.99. The zero-order valence-corrected chi connectivity index (χ0v) is 11.8. The van der Waals surface area contributed by atoms with E-state index in [9.17, 15) is 5.26 Å². The topological polar surface area (TPSA) is 39.1 Å². The summed E-state index contributed by atoms with van der Waals surface area (Å²) in [7, 11) is 0. The molecule has 1 N–H and O–H groups in total. The van der Waals surface area contributed by atoms with Crippen molar-refractivity contribution < 1.29 is 0 Å². The summed E-state index contributed by atoms with van der Waals surface area (Å²) < 4.78 is 0. The van der Waals surface area contributed by atoms with Gasteiger partial charge in [0.05, 0.1) is 6.07 Å². The molecule has 0 aromatic carbocycles. The summed E-state index contributed by atoms with van der Waals surface area (Å²) >= 11 is 0. The molecule has 1 saturated carbocycles. The third kappa shape index (κ3) is 3.69. The van der Waals surface area contributed by atoms with Gasteiger partial charge in [-0.05, 0) is 38.3 Å². The molecular formula is C14H27N3. The second kappa shape index (κ2) is 6.37. The summed E-state index contributed by atoms with van der Waals surface area (Å²) in [5, 5.41) is 12.8. The van der Waals surface area contributed by atoms with Crippen molar-refractivity contribution in [3.8, 4) is 6.07 Å². The van der Waals surface area contributed by atoms with E-state index in [4.69, 9.17) is 0 Å². The van der Waals surface area contributed by atoms with Crippen molar-refractivity contribution in [2.45, 2.75) is 58.5 Å². The minimum absolute atomic E-state index is 0.260. The average molecular weight is 237 g/mol. The molecule has 0 radical (unpaired) electrons. The quantitative estimate of drug-likeness (QED) is 0.771. The van der Waals surface area contributed by atoms with Crippen molar-refractivity contribution in [3.63, 3.8) is 0 Å². The van der Waals surface area contributed by atoms with Crippen molar-refractivity contribution in [2.75, 3.05) is 19.6 Å². The second-order valence-corrected chi connectivity index (χ2v) is 5.60. The van der Waals surface area contributed by atoms with Crippen LogP contribution < -0.4 is 5.32 Å². The van der Waals surface area contributed by atoms with E-state index >= 15 is 0 Å². The molecule has 0 spiro atoms. The highest BCUT2D eigenvalue weighted by Gasteiger charge is 2.40. The fraction of sp³-hybridized carbons (Fsp3) is 0.929. The Kier molecular flexibility index (Phi) is 5.42. The maximum atomic E-state index is 9.37. The van der Waals surface area contributed by atoms with Gasteiger partial charge in [-0.25, -0.2) is 0 Å². The van der Waals surface area contributed by atoms with Crippen LogP contribution in [0.2, 0.25) is 0 Å². The highest BCUT2D eigenvalue weighted by molar-refractivity contribution is 5.13. The van der Waals surface area contributed by atoms with E-state index in [-0.39, 0.29) is 5.54 Å². The van der Waals surface area contributed by atoms with Gasteiger partial charge in [-0.15, -0.1) is 0 Å². The zero-order valence-electron chi connectivity index (χ0n) is 11.8. The first kappa shape index (κ1) is 14.5. The van der Waals surface area contributed by atoms with Crippen molar-refractivity contribution >= 4 is 0 Å². The molecule has 0 aromatic heterocycles. The normalized spacial score (nSPS) is 28.9. The van der Waals surface area contributed by atoms with Crippen LogP contribution in [-0.4, -0.2) is 36.1 Å². The molecule has 2 unspecified atom stereocenters. The first-order chi connectivity index (χ1) is 8.06. The summed E-state index contributed by atoms with van der Waals surface area (Å²) in [6.07, 6.45) is 3.13. The van der Waals surface area contributed by atoms with Crippen LogP contribution in [0.5, 0.6) is 0 Å².